The Morgan fingerprint density at radius 3 is 2.21 bits per heavy atom. The first kappa shape index (κ1) is 15.7. The van der Waals surface area contributed by atoms with Gasteiger partial charge in [-0.15, -0.1) is 0 Å². The average molecular weight is 320 g/mol. The Kier molecular flexibility index (Phi) is 4.57. The number of rotatable bonds is 5. The first-order valence-corrected chi connectivity index (χ1v) is 7.55. The SMILES string of the molecule is CC(=O)c1ccc(OCC(=O)Oc2ccc3ccccc3c2)cc1. The summed E-state index contributed by atoms with van der Waals surface area (Å²) in [5.41, 5.74) is 0.598. The highest BCUT2D eigenvalue weighted by molar-refractivity contribution is 5.94. The lowest BCUT2D eigenvalue weighted by molar-refractivity contribution is -0.136. The molecule has 0 aliphatic rings. The van der Waals surface area contributed by atoms with Crippen molar-refractivity contribution < 1.29 is 19.1 Å². The highest BCUT2D eigenvalue weighted by Crippen LogP contribution is 2.20. The molecule has 4 heteroatoms. The van der Waals surface area contributed by atoms with Crippen LogP contribution in [0.25, 0.3) is 10.8 Å². The second-order valence-corrected chi connectivity index (χ2v) is 5.35. The van der Waals surface area contributed by atoms with E-state index in [1.807, 2.05) is 36.4 Å². The van der Waals surface area contributed by atoms with Gasteiger partial charge in [0.05, 0.1) is 0 Å². The quantitative estimate of drug-likeness (QED) is 0.405. The third-order valence-corrected chi connectivity index (χ3v) is 3.57. The van der Waals surface area contributed by atoms with Crippen LogP contribution in [0.5, 0.6) is 11.5 Å². The van der Waals surface area contributed by atoms with Gasteiger partial charge >= 0.3 is 5.97 Å². The molecule has 0 saturated heterocycles. The summed E-state index contributed by atoms with van der Waals surface area (Å²) in [5.74, 6) is 0.489. The summed E-state index contributed by atoms with van der Waals surface area (Å²) in [5, 5.41) is 2.09. The first-order chi connectivity index (χ1) is 11.6. The third kappa shape index (κ3) is 3.79. The van der Waals surface area contributed by atoms with Crippen molar-refractivity contribution in [2.45, 2.75) is 6.92 Å². The van der Waals surface area contributed by atoms with Crippen molar-refractivity contribution in [2.75, 3.05) is 6.61 Å². The van der Waals surface area contributed by atoms with Crippen LogP contribution in [0.1, 0.15) is 17.3 Å². The molecule has 0 atom stereocenters. The fraction of sp³-hybridized carbons (Fsp3) is 0.100. The highest BCUT2D eigenvalue weighted by Gasteiger charge is 2.07. The van der Waals surface area contributed by atoms with Crippen molar-refractivity contribution in [3.8, 4) is 11.5 Å². The molecule has 3 aromatic carbocycles. The van der Waals surface area contributed by atoms with Gasteiger partial charge < -0.3 is 9.47 Å². The van der Waals surface area contributed by atoms with E-state index in [9.17, 15) is 9.59 Å². The second-order valence-electron chi connectivity index (χ2n) is 5.35. The van der Waals surface area contributed by atoms with E-state index < -0.39 is 5.97 Å². The van der Waals surface area contributed by atoms with Gasteiger partial charge in [0.1, 0.15) is 11.5 Å². The molecule has 0 bridgehead atoms. The molecule has 0 radical (unpaired) electrons. The van der Waals surface area contributed by atoms with E-state index in [1.165, 1.54) is 6.92 Å². The molecule has 0 aliphatic carbocycles. The van der Waals surface area contributed by atoms with Gasteiger partial charge in [0.2, 0.25) is 0 Å². The maximum absolute atomic E-state index is 11.9. The minimum Gasteiger partial charge on any atom is -0.482 e. The molecule has 0 saturated carbocycles. The lowest BCUT2D eigenvalue weighted by Gasteiger charge is -2.08. The van der Waals surface area contributed by atoms with Gasteiger partial charge in [-0.05, 0) is 54.1 Å². The predicted molar refractivity (Wildman–Crippen MR) is 91.5 cm³/mol. The average Bonchev–Trinajstić information content (AvgIpc) is 2.60. The second kappa shape index (κ2) is 6.96. The smallest absolute Gasteiger partial charge is 0.349 e. The van der Waals surface area contributed by atoms with Crippen molar-refractivity contribution in [3.63, 3.8) is 0 Å². The normalized spacial score (nSPS) is 10.4. The van der Waals surface area contributed by atoms with Crippen LogP contribution in [0.15, 0.2) is 66.7 Å². The van der Waals surface area contributed by atoms with Gasteiger partial charge in [-0.25, -0.2) is 4.79 Å². The van der Waals surface area contributed by atoms with E-state index in [0.717, 1.165) is 10.8 Å². The number of fused-ring (bicyclic) bond motifs is 1. The van der Waals surface area contributed by atoms with Crippen molar-refractivity contribution in [1.82, 2.24) is 0 Å². The molecule has 120 valence electrons. The molecule has 0 aromatic heterocycles. The Bertz CT molecular complexity index is 882. The summed E-state index contributed by atoms with van der Waals surface area (Å²) in [6, 6.07) is 19.9. The van der Waals surface area contributed by atoms with Gasteiger partial charge in [-0.2, -0.15) is 0 Å². The van der Waals surface area contributed by atoms with Crippen LogP contribution in [0.4, 0.5) is 0 Å². The highest BCUT2D eigenvalue weighted by atomic mass is 16.6. The van der Waals surface area contributed by atoms with Gasteiger partial charge in [0.25, 0.3) is 0 Å². The fourth-order valence-electron chi connectivity index (χ4n) is 2.32. The molecule has 4 nitrogen and oxygen atoms in total. The van der Waals surface area contributed by atoms with Crippen LogP contribution in [0.2, 0.25) is 0 Å². The van der Waals surface area contributed by atoms with Crippen molar-refractivity contribution in [3.05, 3.63) is 72.3 Å². The molecule has 3 aromatic rings. The molecule has 24 heavy (non-hydrogen) atoms. The predicted octanol–water partition coefficient (Wildman–Crippen LogP) is 4.03. The summed E-state index contributed by atoms with van der Waals surface area (Å²) in [4.78, 5) is 23.1. The third-order valence-electron chi connectivity index (χ3n) is 3.57. The lowest BCUT2D eigenvalue weighted by Crippen LogP contribution is -2.17. The summed E-state index contributed by atoms with van der Waals surface area (Å²) >= 11 is 0. The molecule has 3 rings (SSSR count). The zero-order valence-electron chi connectivity index (χ0n) is 13.2. The molecule has 0 heterocycles. The monoisotopic (exact) mass is 320 g/mol. The fourth-order valence-corrected chi connectivity index (χ4v) is 2.32. The number of carbonyl (C=O) groups is 2. The largest absolute Gasteiger partial charge is 0.482 e. The number of carbonyl (C=O) groups excluding carboxylic acids is 2. The number of esters is 1. The standard InChI is InChI=1S/C20H16O4/c1-14(21)15-6-9-18(10-7-15)23-13-20(22)24-19-11-8-16-4-2-3-5-17(16)12-19/h2-12H,13H2,1H3. The maximum atomic E-state index is 11.9. The molecular weight excluding hydrogens is 304 g/mol. The van der Waals surface area contributed by atoms with E-state index in [2.05, 4.69) is 0 Å². The number of hydrogen-bond acceptors (Lipinski definition) is 4. The van der Waals surface area contributed by atoms with Gasteiger partial charge in [-0.3, -0.25) is 4.79 Å². The molecule has 0 unspecified atom stereocenters. The number of hydrogen-bond donors (Lipinski definition) is 0. The Balaban J connectivity index is 1.59. The van der Waals surface area contributed by atoms with Crippen molar-refractivity contribution in [2.24, 2.45) is 0 Å². The van der Waals surface area contributed by atoms with Crippen LogP contribution in [-0.2, 0) is 4.79 Å². The van der Waals surface area contributed by atoms with Crippen molar-refractivity contribution in [1.29, 1.82) is 0 Å². The Morgan fingerprint density at radius 1 is 0.833 bits per heavy atom. The van der Waals surface area contributed by atoms with Crippen LogP contribution in [0, 0.1) is 0 Å². The number of ether oxygens (including phenoxy) is 2. The summed E-state index contributed by atoms with van der Waals surface area (Å²) < 4.78 is 10.7. The zero-order chi connectivity index (χ0) is 16.9. The molecule has 0 aliphatic heterocycles. The Labute approximate surface area is 139 Å². The number of ketones is 1. The molecule has 0 spiro atoms. The first-order valence-electron chi connectivity index (χ1n) is 7.55. The maximum Gasteiger partial charge on any atom is 0.349 e. The van der Waals surface area contributed by atoms with E-state index in [0.29, 0.717) is 17.1 Å². The van der Waals surface area contributed by atoms with E-state index in [-0.39, 0.29) is 12.4 Å². The van der Waals surface area contributed by atoms with Crippen LogP contribution < -0.4 is 9.47 Å². The minimum atomic E-state index is -0.485. The van der Waals surface area contributed by atoms with Crippen LogP contribution in [-0.4, -0.2) is 18.4 Å². The zero-order valence-corrected chi connectivity index (χ0v) is 13.2. The van der Waals surface area contributed by atoms with E-state index in [1.54, 1.807) is 30.3 Å². The Hall–Kier alpha value is -3.14. The van der Waals surface area contributed by atoms with Gasteiger partial charge in [0, 0.05) is 5.56 Å². The molecule has 0 fully saturated rings. The summed E-state index contributed by atoms with van der Waals surface area (Å²) in [6.07, 6.45) is 0. The van der Waals surface area contributed by atoms with E-state index in [4.69, 9.17) is 9.47 Å². The van der Waals surface area contributed by atoms with E-state index >= 15 is 0 Å². The molecular formula is C20H16O4. The molecule has 0 N–H and O–H groups in total. The topological polar surface area (TPSA) is 52.6 Å². The van der Waals surface area contributed by atoms with Crippen molar-refractivity contribution >= 4 is 22.5 Å². The number of benzene rings is 3. The van der Waals surface area contributed by atoms with Crippen LogP contribution in [0.3, 0.4) is 0 Å². The summed E-state index contributed by atoms with van der Waals surface area (Å²) in [6.45, 7) is 1.29. The van der Waals surface area contributed by atoms with Crippen LogP contribution >= 0.6 is 0 Å². The number of Topliss-reactive ketones (excluding diaryl/α,β-unsaturated/α-hetero) is 1. The van der Waals surface area contributed by atoms with Gasteiger partial charge in [0.15, 0.2) is 12.4 Å². The lowest BCUT2D eigenvalue weighted by atomic mass is 10.1. The van der Waals surface area contributed by atoms with Gasteiger partial charge in [-0.1, -0.05) is 30.3 Å². The Morgan fingerprint density at radius 2 is 1.50 bits per heavy atom. The summed E-state index contributed by atoms with van der Waals surface area (Å²) in [7, 11) is 0. The molecule has 0 amide bonds. The minimum absolute atomic E-state index is 0.0164.